The van der Waals surface area contributed by atoms with Crippen LogP contribution in [-0.4, -0.2) is 0 Å². The van der Waals surface area contributed by atoms with Crippen LogP contribution in [0.2, 0.25) is 0 Å². The Balaban J connectivity index is -0.000000328. The minimum absolute atomic E-state index is 1.25. The molecule has 0 unspecified atom stereocenters. The van der Waals surface area contributed by atoms with Gasteiger partial charge in [-0.05, 0) is 30.9 Å². The Bertz CT molecular complexity index is 323. The normalized spacial score (nSPS) is 7.11. The monoisotopic (exact) mass is 243 g/mol. The summed E-state index contributed by atoms with van der Waals surface area (Å²) in [5, 5.41) is 19.5. The number of nitrogens with zero attached hydrogens (tertiary/aromatic N) is 3. The van der Waals surface area contributed by atoms with Crippen molar-refractivity contribution in [1.29, 1.82) is 15.8 Å². The standard InChI is InChI=1S/C12H18.3CHN/c1-3-4-5-9-12-10-7-6-8-11(12)2;3*1-2/h6-8,10H,3-5,9H2,1-2H3;3*1H. The van der Waals surface area contributed by atoms with E-state index in [-0.39, 0.29) is 0 Å². The molecule has 0 saturated heterocycles. The topological polar surface area (TPSA) is 71.4 Å². The molecule has 0 N–H and O–H groups in total. The van der Waals surface area contributed by atoms with Crippen molar-refractivity contribution in [3.63, 3.8) is 0 Å². The molecule has 1 aromatic rings. The number of hydrogen-bond donors (Lipinski definition) is 0. The number of unbranched alkanes of at least 4 members (excludes halogenated alkanes) is 2. The van der Waals surface area contributed by atoms with E-state index in [1.165, 1.54) is 36.8 Å². The fourth-order valence-electron chi connectivity index (χ4n) is 1.46. The van der Waals surface area contributed by atoms with E-state index in [1.54, 1.807) is 0 Å². The van der Waals surface area contributed by atoms with Gasteiger partial charge in [0, 0.05) is 19.7 Å². The smallest absolute Gasteiger partial charge is 0.0462 e. The summed E-state index contributed by atoms with van der Waals surface area (Å²) in [7, 11) is 0. The van der Waals surface area contributed by atoms with E-state index >= 15 is 0 Å². The molecule has 0 aliphatic heterocycles. The van der Waals surface area contributed by atoms with Gasteiger partial charge in [0.15, 0.2) is 0 Å². The molecule has 0 bridgehead atoms. The van der Waals surface area contributed by atoms with E-state index in [4.69, 9.17) is 15.8 Å². The van der Waals surface area contributed by atoms with E-state index < -0.39 is 0 Å². The number of aryl methyl sites for hydroxylation is 2. The molecule has 3 heteroatoms. The summed E-state index contributed by atoms with van der Waals surface area (Å²) in [5.41, 5.74) is 2.96. The quantitative estimate of drug-likeness (QED) is 0.746. The molecule has 18 heavy (non-hydrogen) atoms. The average Bonchev–Trinajstić information content (AvgIpc) is 2.48. The highest BCUT2D eigenvalue weighted by atomic mass is 14.2. The Morgan fingerprint density at radius 1 is 0.889 bits per heavy atom. The maximum atomic E-state index is 6.50. The fraction of sp³-hybridized carbons (Fsp3) is 0.400. The van der Waals surface area contributed by atoms with Crippen LogP contribution in [0.4, 0.5) is 0 Å². The zero-order valence-electron chi connectivity index (χ0n) is 11.2. The third-order valence-electron chi connectivity index (χ3n) is 2.31. The van der Waals surface area contributed by atoms with Gasteiger partial charge in [0.1, 0.15) is 0 Å². The summed E-state index contributed by atoms with van der Waals surface area (Å²) >= 11 is 0. The molecule has 0 radical (unpaired) electrons. The first-order valence-electron chi connectivity index (χ1n) is 5.66. The van der Waals surface area contributed by atoms with Crippen molar-refractivity contribution in [2.75, 3.05) is 0 Å². The van der Waals surface area contributed by atoms with Gasteiger partial charge in [-0.15, -0.1) is 0 Å². The molecule has 1 aromatic carbocycles. The molecule has 0 saturated carbocycles. The van der Waals surface area contributed by atoms with Gasteiger partial charge in [0.05, 0.1) is 0 Å². The van der Waals surface area contributed by atoms with Gasteiger partial charge >= 0.3 is 0 Å². The molecule has 0 aliphatic rings. The molecular weight excluding hydrogens is 222 g/mol. The van der Waals surface area contributed by atoms with Crippen molar-refractivity contribution in [1.82, 2.24) is 0 Å². The zero-order valence-corrected chi connectivity index (χ0v) is 11.2. The Labute approximate surface area is 111 Å². The van der Waals surface area contributed by atoms with Gasteiger partial charge in [-0.2, -0.15) is 0 Å². The SMILES string of the molecule is C#N.C#N.C#N.CCCCCc1ccccc1C. The highest BCUT2D eigenvalue weighted by molar-refractivity contribution is 5.25. The van der Waals surface area contributed by atoms with Gasteiger partial charge < -0.3 is 0 Å². The Kier molecular flexibility index (Phi) is 23.5. The summed E-state index contributed by atoms with van der Waals surface area (Å²) < 4.78 is 0. The summed E-state index contributed by atoms with van der Waals surface area (Å²) in [6.07, 6.45) is 5.25. The van der Waals surface area contributed by atoms with Crippen LogP contribution in [0.1, 0.15) is 37.3 Å². The van der Waals surface area contributed by atoms with Crippen LogP contribution in [0.5, 0.6) is 0 Å². The van der Waals surface area contributed by atoms with Crippen molar-refractivity contribution in [3.05, 3.63) is 35.4 Å². The molecule has 0 heterocycles. The van der Waals surface area contributed by atoms with Crippen LogP contribution < -0.4 is 0 Å². The van der Waals surface area contributed by atoms with Crippen LogP contribution >= 0.6 is 0 Å². The molecule has 0 aromatic heterocycles. The van der Waals surface area contributed by atoms with Gasteiger partial charge in [-0.25, -0.2) is 15.8 Å². The largest absolute Gasteiger partial charge is 0.202 e. The fourth-order valence-corrected chi connectivity index (χ4v) is 1.46. The zero-order chi connectivity index (χ0) is 14.8. The van der Waals surface area contributed by atoms with Gasteiger partial charge in [0.2, 0.25) is 0 Å². The number of rotatable bonds is 4. The van der Waals surface area contributed by atoms with Crippen LogP contribution in [0, 0.1) is 42.4 Å². The Hall–Kier alpha value is -2.31. The predicted octanol–water partition coefficient (Wildman–Crippen LogP) is 4.15. The van der Waals surface area contributed by atoms with Crippen LogP contribution in [0.3, 0.4) is 0 Å². The van der Waals surface area contributed by atoms with E-state index in [2.05, 4.69) is 57.8 Å². The highest BCUT2D eigenvalue weighted by Gasteiger charge is 1.95. The second-order valence-corrected chi connectivity index (χ2v) is 3.38. The van der Waals surface area contributed by atoms with Gasteiger partial charge in [-0.1, -0.05) is 44.0 Å². The first kappa shape index (κ1) is 21.0. The summed E-state index contributed by atoms with van der Waals surface area (Å²) in [6, 6.07) is 8.68. The van der Waals surface area contributed by atoms with Gasteiger partial charge in [-0.3, -0.25) is 0 Å². The van der Waals surface area contributed by atoms with Crippen LogP contribution in [0.25, 0.3) is 0 Å². The molecule has 0 fully saturated rings. The lowest BCUT2D eigenvalue weighted by atomic mass is 10.0. The lowest BCUT2D eigenvalue weighted by Gasteiger charge is -2.03. The molecule has 0 amide bonds. The first-order chi connectivity index (χ1) is 8.84. The van der Waals surface area contributed by atoms with Crippen molar-refractivity contribution in [2.24, 2.45) is 0 Å². The van der Waals surface area contributed by atoms with Crippen LogP contribution in [0.15, 0.2) is 24.3 Å². The molecule has 0 spiro atoms. The minimum Gasteiger partial charge on any atom is -0.202 e. The number of hydrogen-bond acceptors (Lipinski definition) is 3. The predicted molar refractivity (Wildman–Crippen MR) is 74.4 cm³/mol. The second kappa shape index (κ2) is 20.1. The molecule has 3 nitrogen and oxygen atoms in total. The summed E-state index contributed by atoms with van der Waals surface area (Å²) in [6.45, 7) is 14.9. The Morgan fingerprint density at radius 3 is 1.83 bits per heavy atom. The summed E-state index contributed by atoms with van der Waals surface area (Å²) in [5.74, 6) is 0. The van der Waals surface area contributed by atoms with Gasteiger partial charge in [0.25, 0.3) is 0 Å². The minimum atomic E-state index is 1.25. The molecule has 96 valence electrons. The van der Waals surface area contributed by atoms with Crippen molar-refractivity contribution >= 4 is 0 Å². The van der Waals surface area contributed by atoms with Crippen LogP contribution in [-0.2, 0) is 6.42 Å². The van der Waals surface area contributed by atoms with Crippen molar-refractivity contribution < 1.29 is 0 Å². The molecule has 1 rings (SSSR count). The maximum Gasteiger partial charge on any atom is 0.0462 e. The van der Waals surface area contributed by atoms with E-state index in [9.17, 15) is 0 Å². The maximum absolute atomic E-state index is 6.50. The molecule has 0 atom stereocenters. The summed E-state index contributed by atoms with van der Waals surface area (Å²) in [4.78, 5) is 0. The number of nitriles is 3. The second-order valence-electron chi connectivity index (χ2n) is 3.38. The first-order valence-corrected chi connectivity index (χ1v) is 5.66. The van der Waals surface area contributed by atoms with E-state index in [1.807, 2.05) is 0 Å². The average molecular weight is 243 g/mol. The number of benzene rings is 1. The third kappa shape index (κ3) is 11.8. The van der Waals surface area contributed by atoms with Crippen molar-refractivity contribution in [2.45, 2.75) is 39.5 Å². The lowest BCUT2D eigenvalue weighted by Crippen LogP contribution is -1.88. The highest BCUT2D eigenvalue weighted by Crippen LogP contribution is 2.10. The molecule has 0 aliphatic carbocycles. The third-order valence-corrected chi connectivity index (χ3v) is 2.31. The van der Waals surface area contributed by atoms with Crippen molar-refractivity contribution in [3.8, 4) is 19.7 Å². The Morgan fingerprint density at radius 2 is 1.39 bits per heavy atom. The van der Waals surface area contributed by atoms with E-state index in [0.29, 0.717) is 0 Å². The molecular formula is C15H21N3. The lowest BCUT2D eigenvalue weighted by molar-refractivity contribution is 0.715. The van der Waals surface area contributed by atoms with E-state index in [0.717, 1.165) is 0 Å².